The third kappa shape index (κ3) is 2.80. The van der Waals surface area contributed by atoms with Crippen LogP contribution in [0.3, 0.4) is 0 Å². The fourth-order valence-corrected chi connectivity index (χ4v) is 2.23. The highest BCUT2D eigenvalue weighted by Crippen LogP contribution is 2.21. The normalized spacial score (nSPS) is 15.5. The van der Waals surface area contributed by atoms with Gasteiger partial charge in [0.05, 0.1) is 0 Å². The molecule has 0 bridgehead atoms. The maximum absolute atomic E-state index is 5.03. The summed E-state index contributed by atoms with van der Waals surface area (Å²) >= 11 is 0. The van der Waals surface area contributed by atoms with E-state index in [1.807, 2.05) is 0 Å². The van der Waals surface area contributed by atoms with Gasteiger partial charge in [-0.2, -0.15) is 0 Å². The minimum Gasteiger partial charge on any atom is -0.385 e. The Morgan fingerprint density at radius 2 is 1.93 bits per heavy atom. The van der Waals surface area contributed by atoms with E-state index < -0.39 is 0 Å². The molecule has 0 radical (unpaired) electrons. The van der Waals surface area contributed by atoms with Gasteiger partial charge in [-0.1, -0.05) is 24.3 Å². The van der Waals surface area contributed by atoms with Crippen LogP contribution in [0, 0.1) is 0 Å². The summed E-state index contributed by atoms with van der Waals surface area (Å²) in [6.45, 7) is 1.92. The molecule has 0 spiro atoms. The lowest BCUT2D eigenvalue weighted by Gasteiger charge is -2.11. The Labute approximate surface area is 91.6 Å². The summed E-state index contributed by atoms with van der Waals surface area (Å²) in [4.78, 5) is 0. The molecule has 82 valence electrons. The summed E-state index contributed by atoms with van der Waals surface area (Å²) in [7, 11) is 1.76. The molecule has 0 aliphatic heterocycles. The maximum atomic E-state index is 5.03. The third-order valence-corrected chi connectivity index (χ3v) is 3.01. The molecule has 0 amide bonds. The van der Waals surface area contributed by atoms with E-state index in [-0.39, 0.29) is 0 Å². The SMILES string of the molecule is COCCCNC1Cc2ccccc2C1. The fourth-order valence-electron chi connectivity index (χ4n) is 2.23. The topological polar surface area (TPSA) is 21.3 Å². The average Bonchev–Trinajstić information content (AvgIpc) is 2.67. The van der Waals surface area contributed by atoms with Crippen LogP contribution < -0.4 is 5.32 Å². The van der Waals surface area contributed by atoms with Crippen molar-refractivity contribution < 1.29 is 4.74 Å². The molecule has 2 nitrogen and oxygen atoms in total. The minimum absolute atomic E-state index is 0.638. The Morgan fingerprint density at radius 3 is 2.53 bits per heavy atom. The summed E-state index contributed by atoms with van der Waals surface area (Å²) in [6.07, 6.45) is 3.47. The van der Waals surface area contributed by atoms with E-state index >= 15 is 0 Å². The minimum atomic E-state index is 0.638. The van der Waals surface area contributed by atoms with Gasteiger partial charge in [0, 0.05) is 19.8 Å². The smallest absolute Gasteiger partial charge is 0.0474 e. The largest absolute Gasteiger partial charge is 0.385 e. The first kappa shape index (κ1) is 10.7. The van der Waals surface area contributed by atoms with Gasteiger partial charge < -0.3 is 10.1 Å². The quantitative estimate of drug-likeness (QED) is 0.740. The van der Waals surface area contributed by atoms with Gasteiger partial charge in [-0.15, -0.1) is 0 Å². The summed E-state index contributed by atoms with van der Waals surface area (Å²) in [6, 6.07) is 9.38. The van der Waals surface area contributed by atoms with Crippen LogP contribution in [0.1, 0.15) is 17.5 Å². The molecule has 2 heteroatoms. The number of hydrogen-bond donors (Lipinski definition) is 1. The van der Waals surface area contributed by atoms with E-state index in [1.165, 1.54) is 24.0 Å². The first-order valence-corrected chi connectivity index (χ1v) is 5.69. The molecule has 0 fully saturated rings. The maximum Gasteiger partial charge on any atom is 0.0474 e. The Balaban J connectivity index is 1.76. The Hall–Kier alpha value is -0.860. The number of nitrogens with one attached hydrogen (secondary N) is 1. The van der Waals surface area contributed by atoms with Crippen molar-refractivity contribution in [2.75, 3.05) is 20.3 Å². The zero-order valence-corrected chi connectivity index (χ0v) is 9.33. The second kappa shape index (κ2) is 5.29. The number of methoxy groups -OCH3 is 1. The van der Waals surface area contributed by atoms with Gasteiger partial charge in [-0.25, -0.2) is 0 Å². The second-order valence-corrected chi connectivity index (χ2v) is 4.17. The van der Waals surface area contributed by atoms with Crippen LogP contribution in [0.15, 0.2) is 24.3 Å². The van der Waals surface area contributed by atoms with Crippen LogP contribution in [0.2, 0.25) is 0 Å². The molecule has 0 saturated heterocycles. The van der Waals surface area contributed by atoms with Crippen LogP contribution >= 0.6 is 0 Å². The van der Waals surface area contributed by atoms with Crippen LogP contribution in [0.5, 0.6) is 0 Å². The van der Waals surface area contributed by atoms with Crippen LogP contribution in [0.25, 0.3) is 0 Å². The monoisotopic (exact) mass is 205 g/mol. The van der Waals surface area contributed by atoms with Crippen molar-refractivity contribution in [2.45, 2.75) is 25.3 Å². The van der Waals surface area contributed by atoms with Crippen molar-refractivity contribution in [1.29, 1.82) is 0 Å². The Kier molecular flexibility index (Phi) is 3.75. The second-order valence-electron chi connectivity index (χ2n) is 4.17. The van der Waals surface area contributed by atoms with Crippen molar-refractivity contribution in [1.82, 2.24) is 5.32 Å². The van der Waals surface area contributed by atoms with Crippen LogP contribution in [-0.4, -0.2) is 26.3 Å². The molecule has 1 aliphatic rings. The molecular formula is C13H19NO. The lowest BCUT2D eigenvalue weighted by atomic mass is 10.1. The van der Waals surface area contributed by atoms with E-state index in [0.29, 0.717) is 6.04 Å². The van der Waals surface area contributed by atoms with Crippen LogP contribution in [0.4, 0.5) is 0 Å². The summed E-state index contributed by atoms with van der Waals surface area (Å²) < 4.78 is 5.03. The van der Waals surface area contributed by atoms with Gasteiger partial charge in [-0.05, 0) is 36.9 Å². The highest BCUT2D eigenvalue weighted by molar-refractivity contribution is 5.33. The third-order valence-electron chi connectivity index (χ3n) is 3.01. The predicted molar refractivity (Wildman–Crippen MR) is 62.1 cm³/mol. The molecule has 0 atom stereocenters. The number of hydrogen-bond acceptors (Lipinski definition) is 2. The number of rotatable bonds is 5. The van der Waals surface area contributed by atoms with Crippen molar-refractivity contribution in [3.63, 3.8) is 0 Å². The molecular weight excluding hydrogens is 186 g/mol. The lowest BCUT2D eigenvalue weighted by molar-refractivity contribution is 0.193. The van der Waals surface area contributed by atoms with Gasteiger partial charge in [-0.3, -0.25) is 0 Å². The van der Waals surface area contributed by atoms with E-state index in [1.54, 1.807) is 7.11 Å². The Bertz CT molecular complexity index is 286. The highest BCUT2D eigenvalue weighted by Gasteiger charge is 2.19. The molecule has 0 unspecified atom stereocenters. The van der Waals surface area contributed by atoms with E-state index in [9.17, 15) is 0 Å². The van der Waals surface area contributed by atoms with Gasteiger partial charge in [0.2, 0.25) is 0 Å². The lowest BCUT2D eigenvalue weighted by Crippen LogP contribution is -2.30. The van der Waals surface area contributed by atoms with Gasteiger partial charge in [0.25, 0.3) is 0 Å². The molecule has 1 N–H and O–H groups in total. The molecule has 0 heterocycles. The van der Waals surface area contributed by atoms with Crippen molar-refractivity contribution in [3.8, 4) is 0 Å². The summed E-state index contributed by atoms with van der Waals surface area (Å²) in [5.74, 6) is 0. The van der Waals surface area contributed by atoms with E-state index in [0.717, 1.165) is 19.6 Å². The number of ether oxygens (including phenoxy) is 1. The number of benzene rings is 1. The standard InChI is InChI=1S/C13H19NO/c1-15-8-4-7-14-13-9-11-5-2-3-6-12(11)10-13/h2-3,5-6,13-14H,4,7-10H2,1H3. The molecule has 0 saturated carbocycles. The number of fused-ring (bicyclic) bond motifs is 1. The molecule has 1 aliphatic carbocycles. The van der Waals surface area contributed by atoms with Gasteiger partial charge in [0.1, 0.15) is 0 Å². The van der Waals surface area contributed by atoms with E-state index in [2.05, 4.69) is 29.6 Å². The fraction of sp³-hybridized carbons (Fsp3) is 0.538. The predicted octanol–water partition coefficient (Wildman–Crippen LogP) is 1.78. The first-order chi connectivity index (χ1) is 7.40. The van der Waals surface area contributed by atoms with Gasteiger partial charge >= 0.3 is 0 Å². The summed E-state index contributed by atoms with van der Waals surface area (Å²) in [5, 5.41) is 3.58. The van der Waals surface area contributed by atoms with Gasteiger partial charge in [0.15, 0.2) is 0 Å². The molecule has 0 aromatic heterocycles. The highest BCUT2D eigenvalue weighted by atomic mass is 16.5. The zero-order chi connectivity index (χ0) is 10.5. The molecule has 1 aromatic carbocycles. The summed E-state index contributed by atoms with van der Waals surface area (Å²) in [5.41, 5.74) is 3.03. The zero-order valence-electron chi connectivity index (χ0n) is 9.33. The molecule has 1 aromatic rings. The first-order valence-electron chi connectivity index (χ1n) is 5.69. The van der Waals surface area contributed by atoms with Crippen molar-refractivity contribution in [3.05, 3.63) is 35.4 Å². The Morgan fingerprint density at radius 1 is 1.27 bits per heavy atom. The van der Waals surface area contributed by atoms with E-state index in [4.69, 9.17) is 4.74 Å². The average molecular weight is 205 g/mol. The van der Waals surface area contributed by atoms with Crippen molar-refractivity contribution in [2.24, 2.45) is 0 Å². The van der Waals surface area contributed by atoms with Crippen molar-refractivity contribution >= 4 is 0 Å². The molecule has 2 rings (SSSR count). The molecule has 15 heavy (non-hydrogen) atoms. The van der Waals surface area contributed by atoms with Crippen LogP contribution in [-0.2, 0) is 17.6 Å².